The Bertz CT molecular complexity index is 917. The number of carbonyl (C=O) groups is 1. The summed E-state index contributed by atoms with van der Waals surface area (Å²) in [5, 5.41) is 2.71. The molecule has 1 atom stereocenters. The van der Waals surface area contributed by atoms with Gasteiger partial charge < -0.3 is 9.73 Å². The predicted octanol–water partition coefficient (Wildman–Crippen LogP) is 3.96. The molecule has 1 heterocycles. The lowest BCUT2D eigenvalue weighted by Gasteiger charge is -2.04. The zero-order valence-electron chi connectivity index (χ0n) is 14.2. The summed E-state index contributed by atoms with van der Waals surface area (Å²) in [6.07, 6.45) is 0. The Morgan fingerprint density at radius 3 is 2.42 bits per heavy atom. The van der Waals surface area contributed by atoms with Crippen LogP contribution in [0.1, 0.15) is 27.4 Å². The third-order valence-corrected chi connectivity index (χ3v) is 5.15. The largest absolute Gasteiger partial charge is 0.455 e. The van der Waals surface area contributed by atoms with E-state index in [1.165, 1.54) is 12.1 Å². The van der Waals surface area contributed by atoms with Gasteiger partial charge in [0.05, 0.1) is 16.6 Å². The number of amides is 1. The Morgan fingerprint density at radius 2 is 1.73 bits per heavy atom. The SMILES string of the molecule is Cc1ccc([S@@](=O)Cc2ccc(C(=O)NCc3ccc(F)cc3)o2)cc1. The highest BCUT2D eigenvalue weighted by Gasteiger charge is 2.13. The summed E-state index contributed by atoms with van der Waals surface area (Å²) in [7, 11) is -1.24. The van der Waals surface area contributed by atoms with E-state index in [9.17, 15) is 13.4 Å². The van der Waals surface area contributed by atoms with Crippen molar-refractivity contribution in [3.05, 3.63) is 89.1 Å². The topological polar surface area (TPSA) is 59.3 Å². The first-order chi connectivity index (χ1) is 12.5. The molecule has 0 spiro atoms. The quantitative estimate of drug-likeness (QED) is 0.713. The van der Waals surface area contributed by atoms with Gasteiger partial charge in [-0.05, 0) is 48.9 Å². The maximum atomic E-state index is 12.9. The molecule has 134 valence electrons. The zero-order valence-corrected chi connectivity index (χ0v) is 15.0. The molecule has 0 unspecified atom stereocenters. The molecule has 1 amide bonds. The molecule has 3 aromatic rings. The molecule has 1 aromatic heterocycles. The molecule has 0 aliphatic carbocycles. The van der Waals surface area contributed by atoms with Crippen LogP contribution in [0.25, 0.3) is 0 Å². The van der Waals surface area contributed by atoms with Crippen LogP contribution in [0.5, 0.6) is 0 Å². The van der Waals surface area contributed by atoms with Crippen molar-refractivity contribution in [3.8, 4) is 0 Å². The number of halogens is 1. The molecule has 0 saturated carbocycles. The van der Waals surface area contributed by atoms with Crippen molar-refractivity contribution in [1.29, 1.82) is 0 Å². The molecule has 0 saturated heterocycles. The van der Waals surface area contributed by atoms with Crippen molar-refractivity contribution in [2.75, 3.05) is 0 Å². The molecule has 26 heavy (non-hydrogen) atoms. The Morgan fingerprint density at radius 1 is 1.04 bits per heavy atom. The summed E-state index contributed by atoms with van der Waals surface area (Å²) >= 11 is 0. The smallest absolute Gasteiger partial charge is 0.287 e. The fraction of sp³-hybridized carbons (Fsp3) is 0.150. The lowest BCUT2D eigenvalue weighted by molar-refractivity contribution is 0.0921. The van der Waals surface area contributed by atoms with Crippen LogP contribution in [0.3, 0.4) is 0 Å². The predicted molar refractivity (Wildman–Crippen MR) is 97.6 cm³/mol. The van der Waals surface area contributed by atoms with E-state index in [0.717, 1.165) is 11.1 Å². The molecule has 1 N–H and O–H groups in total. The van der Waals surface area contributed by atoms with E-state index < -0.39 is 10.8 Å². The Balaban J connectivity index is 1.58. The monoisotopic (exact) mass is 371 g/mol. The molecule has 2 aromatic carbocycles. The molecule has 0 bridgehead atoms. The average Bonchev–Trinajstić information content (AvgIpc) is 3.10. The van der Waals surface area contributed by atoms with Gasteiger partial charge in [-0.15, -0.1) is 0 Å². The van der Waals surface area contributed by atoms with Gasteiger partial charge in [-0.3, -0.25) is 9.00 Å². The molecule has 4 nitrogen and oxygen atoms in total. The molecule has 6 heteroatoms. The van der Waals surface area contributed by atoms with E-state index in [2.05, 4.69) is 5.32 Å². The number of hydrogen-bond acceptors (Lipinski definition) is 3. The number of hydrogen-bond donors (Lipinski definition) is 1. The molecule has 0 aliphatic rings. The maximum Gasteiger partial charge on any atom is 0.287 e. The van der Waals surface area contributed by atoms with Crippen LogP contribution in [0.2, 0.25) is 0 Å². The molecular formula is C20H18FNO3S. The van der Waals surface area contributed by atoms with E-state index in [-0.39, 0.29) is 29.8 Å². The first-order valence-electron chi connectivity index (χ1n) is 8.07. The van der Waals surface area contributed by atoms with Crippen molar-refractivity contribution in [3.63, 3.8) is 0 Å². The van der Waals surface area contributed by atoms with Gasteiger partial charge in [-0.2, -0.15) is 0 Å². The minimum absolute atomic E-state index is 0.156. The number of rotatable bonds is 6. The normalized spacial score (nSPS) is 11.9. The highest BCUT2D eigenvalue weighted by atomic mass is 32.2. The maximum absolute atomic E-state index is 12.9. The molecule has 0 radical (unpaired) electrons. The van der Waals surface area contributed by atoms with Crippen LogP contribution in [0.4, 0.5) is 4.39 Å². The van der Waals surface area contributed by atoms with Gasteiger partial charge >= 0.3 is 0 Å². The van der Waals surface area contributed by atoms with Crippen LogP contribution < -0.4 is 5.32 Å². The van der Waals surface area contributed by atoms with E-state index in [1.54, 1.807) is 24.3 Å². The van der Waals surface area contributed by atoms with Crippen molar-refractivity contribution >= 4 is 16.7 Å². The number of aryl methyl sites for hydroxylation is 1. The van der Waals surface area contributed by atoms with Crippen molar-refractivity contribution in [2.24, 2.45) is 0 Å². The number of carbonyl (C=O) groups excluding carboxylic acids is 1. The lowest BCUT2D eigenvalue weighted by Crippen LogP contribution is -2.22. The van der Waals surface area contributed by atoms with Gasteiger partial charge in [0, 0.05) is 11.4 Å². The number of benzene rings is 2. The number of nitrogens with one attached hydrogen (secondary N) is 1. The second-order valence-corrected chi connectivity index (χ2v) is 7.33. The van der Waals surface area contributed by atoms with Crippen molar-refractivity contribution in [2.45, 2.75) is 24.1 Å². The highest BCUT2D eigenvalue weighted by Crippen LogP contribution is 2.16. The van der Waals surface area contributed by atoms with Gasteiger partial charge in [-0.25, -0.2) is 4.39 Å². The summed E-state index contributed by atoms with van der Waals surface area (Å²) in [4.78, 5) is 12.9. The lowest BCUT2D eigenvalue weighted by atomic mass is 10.2. The van der Waals surface area contributed by atoms with Crippen LogP contribution in [0, 0.1) is 12.7 Å². The third kappa shape index (κ3) is 4.67. The van der Waals surface area contributed by atoms with E-state index in [0.29, 0.717) is 10.7 Å². The van der Waals surface area contributed by atoms with Gasteiger partial charge in [0.15, 0.2) is 5.76 Å². The molecule has 0 fully saturated rings. The number of furan rings is 1. The molecular weight excluding hydrogens is 353 g/mol. The highest BCUT2D eigenvalue weighted by molar-refractivity contribution is 7.84. The van der Waals surface area contributed by atoms with Gasteiger partial charge in [0.25, 0.3) is 5.91 Å². The second kappa shape index (κ2) is 8.10. The van der Waals surface area contributed by atoms with Crippen LogP contribution in [-0.2, 0) is 23.1 Å². The Kier molecular flexibility index (Phi) is 5.63. The molecule has 3 rings (SSSR count). The van der Waals surface area contributed by atoms with Gasteiger partial charge in [0.1, 0.15) is 11.6 Å². The van der Waals surface area contributed by atoms with Gasteiger partial charge in [-0.1, -0.05) is 29.8 Å². The summed E-state index contributed by atoms with van der Waals surface area (Å²) < 4.78 is 30.7. The first kappa shape index (κ1) is 18.1. The minimum Gasteiger partial charge on any atom is -0.455 e. The van der Waals surface area contributed by atoms with Crippen LogP contribution >= 0.6 is 0 Å². The van der Waals surface area contributed by atoms with Gasteiger partial charge in [0.2, 0.25) is 0 Å². The van der Waals surface area contributed by atoms with Crippen molar-refractivity contribution < 1.29 is 17.8 Å². The Hall–Kier alpha value is -2.73. The standard InChI is InChI=1S/C20H18FNO3S/c1-14-2-9-18(10-3-14)26(24)13-17-8-11-19(25-17)20(23)22-12-15-4-6-16(21)7-5-15/h2-11H,12-13H2,1H3,(H,22,23)/t26-/m0/s1. The van der Waals surface area contributed by atoms with Crippen LogP contribution in [0.15, 0.2) is 70.0 Å². The summed E-state index contributed by atoms with van der Waals surface area (Å²) in [6, 6.07) is 16.6. The van der Waals surface area contributed by atoms with E-state index >= 15 is 0 Å². The third-order valence-electron chi connectivity index (χ3n) is 3.81. The van der Waals surface area contributed by atoms with Crippen molar-refractivity contribution in [1.82, 2.24) is 5.32 Å². The second-order valence-electron chi connectivity index (χ2n) is 5.88. The minimum atomic E-state index is -1.24. The summed E-state index contributed by atoms with van der Waals surface area (Å²) in [5.74, 6) is 0.145. The molecule has 0 aliphatic heterocycles. The van der Waals surface area contributed by atoms with E-state index in [1.807, 2.05) is 31.2 Å². The fourth-order valence-corrected chi connectivity index (χ4v) is 3.37. The summed E-state index contributed by atoms with van der Waals surface area (Å²) in [6.45, 7) is 2.24. The van der Waals surface area contributed by atoms with Crippen LogP contribution in [-0.4, -0.2) is 10.1 Å². The zero-order chi connectivity index (χ0) is 18.5. The van der Waals surface area contributed by atoms with E-state index in [4.69, 9.17) is 4.42 Å². The Labute approximate surface area is 153 Å². The average molecular weight is 371 g/mol. The first-order valence-corrected chi connectivity index (χ1v) is 9.39. The summed E-state index contributed by atoms with van der Waals surface area (Å²) in [5.41, 5.74) is 1.89. The fourth-order valence-electron chi connectivity index (χ4n) is 2.35.